The van der Waals surface area contributed by atoms with Crippen LogP contribution in [0, 0.1) is 0 Å². The van der Waals surface area contributed by atoms with Crippen molar-refractivity contribution >= 4 is 46.0 Å². The molecule has 2 heterocycles. The Labute approximate surface area is 200 Å². The van der Waals surface area contributed by atoms with Gasteiger partial charge in [-0.05, 0) is 30.5 Å². The van der Waals surface area contributed by atoms with Crippen LogP contribution in [0.3, 0.4) is 0 Å². The molecule has 3 N–H and O–H groups in total. The number of aryl methyl sites for hydroxylation is 1. The average Bonchev–Trinajstić information content (AvgIpc) is 3.15. The second-order valence-corrected chi connectivity index (χ2v) is 7.40. The average molecular weight is 461 g/mol. The van der Waals surface area contributed by atoms with Gasteiger partial charge in [-0.2, -0.15) is 0 Å². The van der Waals surface area contributed by atoms with Crippen LogP contribution in [0.5, 0.6) is 0 Å². The van der Waals surface area contributed by atoms with Gasteiger partial charge in [-0.15, -0.1) is 5.06 Å². The van der Waals surface area contributed by atoms with Crippen LogP contribution < -0.4 is 34.5 Å². The third-order valence-electron chi connectivity index (χ3n) is 4.34. The van der Waals surface area contributed by atoms with Gasteiger partial charge in [0.1, 0.15) is 0 Å². The zero-order valence-electron chi connectivity index (χ0n) is 16.5. The third kappa shape index (κ3) is 6.08. The van der Waals surface area contributed by atoms with Crippen LogP contribution >= 0.6 is 0 Å². The van der Waals surface area contributed by atoms with Crippen LogP contribution in [0.4, 0.5) is 5.69 Å². The SMILES string of the molecule is O=C(CCCc1ccc(N2C(=O)C=CC2=O)cc1)ON1C(=O)CC([S-](=O)=O)C1=O.[Na+].[OH3+]. The van der Waals surface area contributed by atoms with E-state index in [2.05, 4.69) is 0 Å². The van der Waals surface area contributed by atoms with Gasteiger partial charge in [-0.3, -0.25) is 19.2 Å². The Morgan fingerprint density at radius 1 is 1.03 bits per heavy atom. The van der Waals surface area contributed by atoms with Gasteiger partial charge >= 0.3 is 35.5 Å². The summed E-state index contributed by atoms with van der Waals surface area (Å²) < 4.78 is 21.8. The first-order valence-electron chi connectivity index (χ1n) is 8.58. The molecule has 1 saturated heterocycles. The first-order valence-corrected chi connectivity index (χ1v) is 9.72. The van der Waals surface area contributed by atoms with E-state index in [0.717, 1.165) is 10.5 Å². The van der Waals surface area contributed by atoms with Gasteiger partial charge in [0.25, 0.3) is 23.6 Å². The number of hydrogen-bond donors (Lipinski definition) is 0. The summed E-state index contributed by atoms with van der Waals surface area (Å²) in [6, 6.07) is 6.64. The Morgan fingerprint density at radius 3 is 2.13 bits per heavy atom. The number of carbonyl (C=O) groups excluding carboxylic acids is 5. The minimum Gasteiger partial charge on any atom is -0.457 e. The summed E-state index contributed by atoms with van der Waals surface area (Å²) in [7, 11) is -2.77. The van der Waals surface area contributed by atoms with E-state index in [0.29, 0.717) is 18.5 Å². The normalized spacial score (nSPS) is 17.8. The van der Waals surface area contributed by atoms with E-state index >= 15 is 0 Å². The second kappa shape index (κ2) is 11.3. The minimum atomic E-state index is -2.77. The van der Waals surface area contributed by atoms with E-state index in [1.54, 1.807) is 24.3 Å². The third-order valence-corrected chi connectivity index (χ3v) is 5.17. The van der Waals surface area contributed by atoms with Crippen LogP contribution in [-0.2, 0) is 59.8 Å². The maximum Gasteiger partial charge on any atom is 1.00 e. The number of hydrogen-bond acceptors (Lipinski definition) is 9. The molecule has 0 radical (unpaired) electrons. The van der Waals surface area contributed by atoms with Crippen LogP contribution in [0.15, 0.2) is 36.4 Å². The summed E-state index contributed by atoms with van der Waals surface area (Å²) in [5.41, 5.74) is 1.27. The van der Waals surface area contributed by atoms with Gasteiger partial charge in [-0.1, -0.05) is 22.8 Å². The predicted molar refractivity (Wildman–Crippen MR) is 101 cm³/mol. The molecular weight excluding hydrogens is 443 g/mol. The quantitative estimate of drug-likeness (QED) is 0.174. The Hall–Kier alpha value is -2.38. The van der Waals surface area contributed by atoms with Gasteiger partial charge in [-0.25, -0.2) is 9.69 Å². The molecule has 1 aromatic carbocycles. The fourth-order valence-electron chi connectivity index (χ4n) is 2.88. The number of imide groups is 2. The summed E-state index contributed by atoms with van der Waals surface area (Å²) in [5, 5.41) is -1.33. The molecule has 1 atom stereocenters. The molecule has 1 aromatic rings. The van der Waals surface area contributed by atoms with Crippen molar-refractivity contribution in [1.29, 1.82) is 0 Å². The molecule has 0 saturated carbocycles. The van der Waals surface area contributed by atoms with Gasteiger partial charge in [0.05, 0.1) is 5.69 Å². The fourth-order valence-corrected chi connectivity index (χ4v) is 3.42. The Balaban J connectivity index is 0.00000240. The molecule has 160 valence electrons. The Kier molecular flexibility index (Phi) is 9.72. The molecule has 4 amide bonds. The molecule has 31 heavy (non-hydrogen) atoms. The van der Waals surface area contributed by atoms with Crippen molar-refractivity contribution in [1.82, 2.24) is 5.06 Å². The first-order chi connectivity index (χ1) is 13.8. The molecule has 3 rings (SSSR count). The summed E-state index contributed by atoms with van der Waals surface area (Å²) >= 11 is 0. The number of amides is 4. The van der Waals surface area contributed by atoms with Crippen molar-refractivity contribution in [3.63, 3.8) is 0 Å². The topological polar surface area (TPSA) is 168 Å². The molecule has 13 heteroatoms. The molecule has 0 spiro atoms. The van der Waals surface area contributed by atoms with E-state index in [1.807, 2.05) is 0 Å². The van der Waals surface area contributed by atoms with Gasteiger partial charge in [0.15, 0.2) is 0 Å². The zero-order valence-corrected chi connectivity index (χ0v) is 19.3. The molecular formula is C18H18N2NaO9S+. The van der Waals surface area contributed by atoms with Crippen molar-refractivity contribution in [3.8, 4) is 0 Å². The molecule has 2 aliphatic heterocycles. The molecule has 2 aliphatic rings. The Bertz CT molecular complexity index is 978. The van der Waals surface area contributed by atoms with Crippen molar-refractivity contribution in [2.45, 2.75) is 30.9 Å². The number of carbonyl (C=O) groups is 5. The summed E-state index contributed by atoms with van der Waals surface area (Å²) in [6.45, 7) is 0. The number of hydroxylamine groups is 2. The maximum atomic E-state index is 11.8. The van der Waals surface area contributed by atoms with E-state index in [1.165, 1.54) is 12.2 Å². The van der Waals surface area contributed by atoms with E-state index < -0.39 is 52.0 Å². The van der Waals surface area contributed by atoms with E-state index in [9.17, 15) is 32.4 Å². The number of rotatable bonds is 7. The first kappa shape index (κ1) is 26.7. The van der Waals surface area contributed by atoms with Crippen molar-refractivity contribution < 1.29 is 72.3 Å². The number of anilines is 1. The molecule has 0 aromatic heterocycles. The van der Waals surface area contributed by atoms with Gasteiger partial charge < -0.3 is 18.7 Å². The standard InChI is InChI=1S/C18H15N2O8S.Na.H2O/c21-14-8-9-15(22)19(14)12-6-4-11(5-7-12)2-1-3-17(24)28-20-16(23)10-13(18(20)25)29(26)27;;/h4-9,13H,1-3,10H2;;1H2/q-1;+1;/p+1. The van der Waals surface area contributed by atoms with Crippen molar-refractivity contribution in [3.05, 3.63) is 42.0 Å². The van der Waals surface area contributed by atoms with Crippen LogP contribution in [-0.4, -0.2) is 39.9 Å². The summed E-state index contributed by atoms with van der Waals surface area (Å²) in [6.07, 6.45) is 2.53. The van der Waals surface area contributed by atoms with Gasteiger partial charge in [0.2, 0.25) is 0 Å². The van der Waals surface area contributed by atoms with Crippen molar-refractivity contribution in [2.24, 2.45) is 0 Å². The van der Waals surface area contributed by atoms with E-state index in [-0.39, 0.29) is 46.5 Å². The van der Waals surface area contributed by atoms with Crippen LogP contribution in [0.25, 0.3) is 0 Å². The van der Waals surface area contributed by atoms with E-state index in [4.69, 9.17) is 4.84 Å². The summed E-state index contributed by atoms with van der Waals surface area (Å²) in [5.74, 6) is -3.62. The molecule has 0 bridgehead atoms. The smallest absolute Gasteiger partial charge is 0.457 e. The van der Waals surface area contributed by atoms with Crippen LogP contribution in [0.1, 0.15) is 24.8 Å². The monoisotopic (exact) mass is 461 g/mol. The Morgan fingerprint density at radius 2 is 1.61 bits per heavy atom. The largest absolute Gasteiger partial charge is 1.00 e. The van der Waals surface area contributed by atoms with Crippen LogP contribution in [0.2, 0.25) is 0 Å². The zero-order chi connectivity index (χ0) is 21.1. The molecule has 11 nitrogen and oxygen atoms in total. The molecule has 1 unspecified atom stereocenters. The summed E-state index contributed by atoms with van der Waals surface area (Å²) in [4.78, 5) is 64.2. The number of benzene rings is 1. The van der Waals surface area contributed by atoms with Crippen molar-refractivity contribution in [2.75, 3.05) is 4.90 Å². The maximum absolute atomic E-state index is 11.8. The fraction of sp³-hybridized carbons (Fsp3) is 0.278. The number of nitrogens with zero attached hydrogens (tertiary/aromatic N) is 2. The molecule has 1 fully saturated rings. The van der Waals surface area contributed by atoms with Gasteiger partial charge in [0, 0.05) is 30.2 Å². The minimum absolute atomic E-state index is 0. The predicted octanol–water partition coefficient (Wildman–Crippen LogP) is -3.58. The second-order valence-electron chi connectivity index (χ2n) is 6.31. The molecule has 0 aliphatic carbocycles.